The predicted molar refractivity (Wildman–Crippen MR) is 62.3 cm³/mol. The monoisotopic (exact) mass is 198 g/mol. The van der Waals surface area contributed by atoms with Crippen LogP contribution in [0.4, 0.5) is 0 Å². The van der Waals surface area contributed by atoms with E-state index in [0.717, 1.165) is 24.8 Å². The number of likely N-dealkylation sites (tertiary alicyclic amines) is 1. The first-order valence-corrected chi connectivity index (χ1v) is 5.96. The van der Waals surface area contributed by atoms with Gasteiger partial charge in [-0.1, -0.05) is 20.8 Å². The molecule has 2 heteroatoms. The lowest BCUT2D eigenvalue weighted by atomic mass is 9.95. The van der Waals surface area contributed by atoms with Crippen molar-refractivity contribution in [2.75, 3.05) is 19.6 Å². The maximum absolute atomic E-state index is 6.18. The zero-order chi connectivity index (χ0) is 10.8. The Morgan fingerprint density at radius 1 is 1.50 bits per heavy atom. The van der Waals surface area contributed by atoms with Gasteiger partial charge in [0, 0.05) is 18.6 Å². The van der Waals surface area contributed by atoms with Crippen LogP contribution in [0, 0.1) is 11.8 Å². The van der Waals surface area contributed by atoms with Gasteiger partial charge in [-0.15, -0.1) is 0 Å². The van der Waals surface area contributed by atoms with Gasteiger partial charge in [0.15, 0.2) is 0 Å². The Bertz CT molecular complexity index is 175. The Hall–Kier alpha value is -0.0800. The molecule has 0 aromatic rings. The molecule has 1 aliphatic heterocycles. The Morgan fingerprint density at radius 2 is 2.14 bits per heavy atom. The Morgan fingerprint density at radius 3 is 2.57 bits per heavy atom. The van der Waals surface area contributed by atoms with Crippen LogP contribution in [0.2, 0.25) is 0 Å². The standard InChI is InChI=1S/C12H26N2/c1-5-12(4,13)9-14-7-6-11(8-14)10(2)3/h10-11H,5-9,13H2,1-4H3. The zero-order valence-corrected chi connectivity index (χ0v) is 10.2. The number of nitrogens with two attached hydrogens (primary N) is 1. The highest BCUT2D eigenvalue weighted by Crippen LogP contribution is 2.24. The van der Waals surface area contributed by atoms with E-state index < -0.39 is 0 Å². The normalized spacial score (nSPS) is 28.3. The summed E-state index contributed by atoms with van der Waals surface area (Å²) >= 11 is 0. The van der Waals surface area contributed by atoms with E-state index in [1.807, 2.05) is 0 Å². The highest BCUT2D eigenvalue weighted by molar-refractivity contribution is 4.86. The Labute approximate surface area is 88.8 Å². The second-order valence-electron chi connectivity index (χ2n) is 5.54. The fourth-order valence-electron chi connectivity index (χ4n) is 2.17. The van der Waals surface area contributed by atoms with Gasteiger partial charge in [-0.05, 0) is 38.1 Å². The van der Waals surface area contributed by atoms with E-state index in [9.17, 15) is 0 Å². The molecule has 1 aliphatic rings. The molecule has 14 heavy (non-hydrogen) atoms. The van der Waals surface area contributed by atoms with Crippen molar-refractivity contribution in [1.29, 1.82) is 0 Å². The number of hydrogen-bond donors (Lipinski definition) is 1. The van der Waals surface area contributed by atoms with Crippen LogP contribution in [0.3, 0.4) is 0 Å². The van der Waals surface area contributed by atoms with Crippen molar-refractivity contribution in [2.24, 2.45) is 17.6 Å². The van der Waals surface area contributed by atoms with E-state index in [4.69, 9.17) is 5.73 Å². The molecule has 0 radical (unpaired) electrons. The first-order valence-electron chi connectivity index (χ1n) is 5.96. The summed E-state index contributed by atoms with van der Waals surface area (Å²) < 4.78 is 0. The van der Waals surface area contributed by atoms with Gasteiger partial charge in [-0.2, -0.15) is 0 Å². The van der Waals surface area contributed by atoms with Crippen LogP contribution >= 0.6 is 0 Å². The molecule has 0 spiro atoms. The zero-order valence-electron chi connectivity index (χ0n) is 10.2. The third-order valence-corrected chi connectivity index (χ3v) is 3.64. The SMILES string of the molecule is CCC(C)(N)CN1CCC(C(C)C)C1. The largest absolute Gasteiger partial charge is 0.324 e. The van der Waals surface area contributed by atoms with E-state index in [0.29, 0.717) is 0 Å². The summed E-state index contributed by atoms with van der Waals surface area (Å²) in [5, 5.41) is 0. The van der Waals surface area contributed by atoms with E-state index in [2.05, 4.69) is 32.6 Å². The van der Waals surface area contributed by atoms with Crippen molar-refractivity contribution in [1.82, 2.24) is 4.90 Å². The molecule has 1 heterocycles. The van der Waals surface area contributed by atoms with Crippen LogP contribution in [0.25, 0.3) is 0 Å². The van der Waals surface area contributed by atoms with Gasteiger partial charge in [0.25, 0.3) is 0 Å². The summed E-state index contributed by atoms with van der Waals surface area (Å²) in [5.41, 5.74) is 6.18. The van der Waals surface area contributed by atoms with Crippen molar-refractivity contribution >= 4 is 0 Å². The smallest absolute Gasteiger partial charge is 0.0252 e. The molecule has 0 aliphatic carbocycles. The average Bonchev–Trinajstić information content (AvgIpc) is 2.52. The summed E-state index contributed by atoms with van der Waals surface area (Å²) in [7, 11) is 0. The molecule has 2 nitrogen and oxygen atoms in total. The Kier molecular flexibility index (Phi) is 3.96. The van der Waals surface area contributed by atoms with E-state index in [1.165, 1.54) is 19.5 Å². The van der Waals surface area contributed by atoms with Gasteiger partial charge in [-0.25, -0.2) is 0 Å². The quantitative estimate of drug-likeness (QED) is 0.749. The lowest BCUT2D eigenvalue weighted by Gasteiger charge is -2.29. The third-order valence-electron chi connectivity index (χ3n) is 3.64. The summed E-state index contributed by atoms with van der Waals surface area (Å²) in [6.45, 7) is 12.6. The summed E-state index contributed by atoms with van der Waals surface area (Å²) in [4.78, 5) is 2.54. The molecule has 0 amide bonds. The van der Waals surface area contributed by atoms with Gasteiger partial charge in [0.1, 0.15) is 0 Å². The van der Waals surface area contributed by atoms with Crippen LogP contribution < -0.4 is 5.73 Å². The minimum Gasteiger partial charge on any atom is -0.324 e. The number of hydrogen-bond acceptors (Lipinski definition) is 2. The minimum atomic E-state index is 0.00582. The fourth-order valence-corrected chi connectivity index (χ4v) is 2.17. The van der Waals surface area contributed by atoms with Gasteiger partial charge in [0.2, 0.25) is 0 Å². The first-order chi connectivity index (χ1) is 6.44. The fraction of sp³-hybridized carbons (Fsp3) is 1.00. The first kappa shape index (κ1) is 12.0. The molecule has 1 rings (SSSR count). The van der Waals surface area contributed by atoms with Gasteiger partial charge in [-0.3, -0.25) is 0 Å². The highest BCUT2D eigenvalue weighted by Gasteiger charge is 2.28. The second-order valence-corrected chi connectivity index (χ2v) is 5.54. The van der Waals surface area contributed by atoms with Crippen molar-refractivity contribution in [3.05, 3.63) is 0 Å². The van der Waals surface area contributed by atoms with E-state index in [-0.39, 0.29) is 5.54 Å². The molecule has 1 fully saturated rings. The lowest BCUT2D eigenvalue weighted by Crippen LogP contribution is -2.46. The van der Waals surface area contributed by atoms with Crippen molar-refractivity contribution in [3.63, 3.8) is 0 Å². The molecular formula is C12H26N2. The maximum Gasteiger partial charge on any atom is 0.0252 e. The summed E-state index contributed by atoms with van der Waals surface area (Å²) in [6, 6.07) is 0. The van der Waals surface area contributed by atoms with Gasteiger partial charge in [0.05, 0.1) is 0 Å². The third kappa shape index (κ3) is 3.25. The van der Waals surface area contributed by atoms with E-state index >= 15 is 0 Å². The lowest BCUT2D eigenvalue weighted by molar-refractivity contribution is 0.238. The van der Waals surface area contributed by atoms with Crippen LogP contribution in [0.15, 0.2) is 0 Å². The van der Waals surface area contributed by atoms with Crippen LogP contribution in [0.1, 0.15) is 40.5 Å². The van der Waals surface area contributed by atoms with E-state index in [1.54, 1.807) is 0 Å². The molecule has 0 bridgehead atoms. The number of rotatable bonds is 4. The molecule has 2 unspecified atom stereocenters. The molecule has 0 saturated carbocycles. The van der Waals surface area contributed by atoms with Crippen molar-refractivity contribution < 1.29 is 0 Å². The van der Waals surface area contributed by atoms with Crippen LogP contribution in [0.5, 0.6) is 0 Å². The molecular weight excluding hydrogens is 172 g/mol. The van der Waals surface area contributed by atoms with Crippen molar-refractivity contribution in [3.8, 4) is 0 Å². The van der Waals surface area contributed by atoms with Crippen LogP contribution in [-0.4, -0.2) is 30.1 Å². The second kappa shape index (κ2) is 4.63. The van der Waals surface area contributed by atoms with Gasteiger partial charge >= 0.3 is 0 Å². The average molecular weight is 198 g/mol. The van der Waals surface area contributed by atoms with Crippen LogP contribution in [-0.2, 0) is 0 Å². The number of nitrogens with zero attached hydrogens (tertiary/aromatic N) is 1. The topological polar surface area (TPSA) is 29.3 Å². The predicted octanol–water partition coefficient (Wildman–Crippen LogP) is 2.09. The molecule has 0 aromatic heterocycles. The summed E-state index contributed by atoms with van der Waals surface area (Å²) in [5.74, 6) is 1.72. The highest BCUT2D eigenvalue weighted by atomic mass is 15.2. The molecule has 0 aromatic carbocycles. The molecule has 2 atom stereocenters. The maximum atomic E-state index is 6.18. The van der Waals surface area contributed by atoms with Crippen molar-refractivity contribution in [2.45, 2.75) is 46.1 Å². The molecule has 1 saturated heterocycles. The molecule has 84 valence electrons. The minimum absolute atomic E-state index is 0.00582. The van der Waals surface area contributed by atoms with Gasteiger partial charge < -0.3 is 10.6 Å². The summed E-state index contributed by atoms with van der Waals surface area (Å²) in [6.07, 6.45) is 2.42. The Balaban J connectivity index is 2.36. The molecule has 2 N–H and O–H groups in total.